The number of carbonyl (C=O) groups excluding carboxylic acids is 1. The van der Waals surface area contributed by atoms with Crippen LogP contribution in [0.15, 0.2) is 0 Å². The molecule has 2 rings (SSSR count). The number of β-amino-alcohol motifs (C(OH)–C–C–N with tert-alkyl or cyclic N) is 1. The van der Waals surface area contributed by atoms with Crippen LogP contribution in [-0.4, -0.2) is 60.3 Å². The van der Waals surface area contributed by atoms with Gasteiger partial charge in [-0.15, -0.1) is 0 Å². The molecule has 2 atom stereocenters. The van der Waals surface area contributed by atoms with Crippen molar-refractivity contribution in [3.05, 3.63) is 0 Å². The molecule has 2 fully saturated rings. The van der Waals surface area contributed by atoms with E-state index in [2.05, 4.69) is 10.6 Å². The number of hydrogen-bond donors (Lipinski definition) is 3. The van der Waals surface area contributed by atoms with E-state index in [-0.39, 0.29) is 11.9 Å². The predicted molar refractivity (Wildman–Crippen MR) is 79.5 cm³/mol. The first-order valence-electron chi connectivity index (χ1n) is 7.94. The van der Waals surface area contributed by atoms with Crippen LogP contribution in [0.5, 0.6) is 0 Å². The van der Waals surface area contributed by atoms with Crippen LogP contribution in [0.2, 0.25) is 0 Å². The van der Waals surface area contributed by atoms with Crippen LogP contribution in [0.25, 0.3) is 0 Å². The van der Waals surface area contributed by atoms with Gasteiger partial charge in [-0.25, -0.2) is 0 Å². The predicted octanol–water partition coefficient (Wildman–Crippen LogP) is 0.480. The van der Waals surface area contributed by atoms with Gasteiger partial charge < -0.3 is 15.7 Å². The maximum atomic E-state index is 12.3. The lowest BCUT2D eigenvalue weighted by atomic mass is 9.95. The lowest BCUT2D eigenvalue weighted by Crippen LogP contribution is -2.52. The Labute approximate surface area is 122 Å². The van der Waals surface area contributed by atoms with Crippen LogP contribution in [0.1, 0.15) is 45.4 Å². The minimum Gasteiger partial charge on any atom is -0.387 e. The third-order valence-electron chi connectivity index (χ3n) is 4.76. The number of aliphatic hydroxyl groups is 1. The topological polar surface area (TPSA) is 64.6 Å². The number of nitrogens with zero attached hydrogens (tertiary/aromatic N) is 1. The fourth-order valence-corrected chi connectivity index (χ4v) is 3.24. The van der Waals surface area contributed by atoms with E-state index >= 15 is 0 Å². The summed E-state index contributed by atoms with van der Waals surface area (Å²) in [6.07, 6.45) is 6.71. The van der Waals surface area contributed by atoms with Gasteiger partial charge in [-0.1, -0.05) is 19.3 Å². The summed E-state index contributed by atoms with van der Waals surface area (Å²) >= 11 is 0. The molecule has 5 heteroatoms. The first-order chi connectivity index (χ1) is 9.50. The van der Waals surface area contributed by atoms with Gasteiger partial charge in [0.15, 0.2) is 0 Å². The summed E-state index contributed by atoms with van der Waals surface area (Å²) in [6, 6.07) is 0.157. The fraction of sp³-hybridized carbons (Fsp3) is 0.933. The van der Waals surface area contributed by atoms with Crippen molar-refractivity contribution in [3.8, 4) is 0 Å². The van der Waals surface area contributed by atoms with Gasteiger partial charge >= 0.3 is 0 Å². The Hall–Kier alpha value is -0.650. The van der Waals surface area contributed by atoms with E-state index in [9.17, 15) is 9.90 Å². The van der Waals surface area contributed by atoms with Crippen LogP contribution >= 0.6 is 0 Å². The van der Waals surface area contributed by atoms with Crippen molar-refractivity contribution in [1.82, 2.24) is 15.5 Å². The quantitative estimate of drug-likeness (QED) is 0.687. The third-order valence-corrected chi connectivity index (χ3v) is 4.76. The molecule has 1 saturated carbocycles. The van der Waals surface area contributed by atoms with Gasteiger partial charge in [0.05, 0.1) is 11.6 Å². The molecule has 1 aliphatic heterocycles. The van der Waals surface area contributed by atoms with Gasteiger partial charge in [-0.05, 0) is 39.8 Å². The second-order valence-corrected chi connectivity index (χ2v) is 6.59. The average molecular weight is 283 g/mol. The molecule has 2 unspecified atom stereocenters. The molecule has 1 heterocycles. The number of hydrogen-bond acceptors (Lipinski definition) is 4. The van der Waals surface area contributed by atoms with Crippen molar-refractivity contribution in [2.45, 2.75) is 63.1 Å². The molecule has 5 nitrogen and oxygen atoms in total. The molecule has 1 aliphatic carbocycles. The molecule has 1 saturated heterocycles. The zero-order valence-corrected chi connectivity index (χ0v) is 12.8. The average Bonchev–Trinajstić information content (AvgIpc) is 2.85. The molecule has 0 radical (unpaired) electrons. The Morgan fingerprint density at radius 2 is 2.15 bits per heavy atom. The van der Waals surface area contributed by atoms with Crippen molar-refractivity contribution >= 4 is 5.91 Å². The van der Waals surface area contributed by atoms with Gasteiger partial charge in [-0.2, -0.15) is 0 Å². The molecule has 0 spiro atoms. The number of amides is 1. The van der Waals surface area contributed by atoms with Crippen molar-refractivity contribution in [2.24, 2.45) is 0 Å². The van der Waals surface area contributed by atoms with E-state index in [1.54, 1.807) is 0 Å². The Kier molecular flexibility index (Phi) is 5.41. The zero-order valence-electron chi connectivity index (χ0n) is 12.8. The monoisotopic (exact) mass is 283 g/mol. The fourth-order valence-electron chi connectivity index (χ4n) is 3.24. The van der Waals surface area contributed by atoms with E-state index in [0.29, 0.717) is 19.1 Å². The molecular formula is C15H29N3O2. The van der Waals surface area contributed by atoms with Crippen molar-refractivity contribution < 1.29 is 9.90 Å². The summed E-state index contributed by atoms with van der Waals surface area (Å²) < 4.78 is 0. The lowest BCUT2D eigenvalue weighted by molar-refractivity contribution is -0.127. The molecule has 116 valence electrons. The SMILES string of the molecule is CC(C(=O)NC1CCCCC1)N(C)CC1(O)CCNC1. The van der Waals surface area contributed by atoms with Crippen molar-refractivity contribution in [1.29, 1.82) is 0 Å². The van der Waals surface area contributed by atoms with Gasteiger partial charge in [0.1, 0.15) is 0 Å². The maximum Gasteiger partial charge on any atom is 0.237 e. The minimum absolute atomic E-state index is 0.0916. The molecule has 0 aromatic heterocycles. The molecule has 0 aromatic rings. The van der Waals surface area contributed by atoms with Crippen LogP contribution in [0.4, 0.5) is 0 Å². The molecule has 2 aliphatic rings. The molecule has 0 aromatic carbocycles. The third kappa shape index (κ3) is 4.17. The van der Waals surface area contributed by atoms with E-state index in [4.69, 9.17) is 0 Å². The highest BCUT2D eigenvalue weighted by Gasteiger charge is 2.34. The summed E-state index contributed by atoms with van der Waals surface area (Å²) in [5.41, 5.74) is -0.686. The Bertz CT molecular complexity index is 323. The highest BCUT2D eigenvalue weighted by atomic mass is 16.3. The van der Waals surface area contributed by atoms with Crippen LogP contribution < -0.4 is 10.6 Å². The lowest BCUT2D eigenvalue weighted by Gasteiger charge is -2.32. The second kappa shape index (κ2) is 6.87. The largest absolute Gasteiger partial charge is 0.387 e. The molecule has 1 amide bonds. The van der Waals surface area contributed by atoms with Crippen molar-refractivity contribution in [2.75, 3.05) is 26.7 Å². The van der Waals surface area contributed by atoms with Gasteiger partial charge in [-0.3, -0.25) is 9.69 Å². The second-order valence-electron chi connectivity index (χ2n) is 6.59. The standard InChI is InChI=1S/C15H29N3O2/c1-12(14(19)17-13-6-4-3-5-7-13)18(2)11-15(20)8-9-16-10-15/h12-13,16,20H,3-11H2,1-2H3,(H,17,19). The van der Waals surface area contributed by atoms with Crippen molar-refractivity contribution in [3.63, 3.8) is 0 Å². The first-order valence-corrected chi connectivity index (χ1v) is 7.94. The van der Waals surface area contributed by atoms with Gasteiger partial charge in [0, 0.05) is 19.1 Å². The normalized spacial score (nSPS) is 29.6. The number of nitrogens with one attached hydrogen (secondary N) is 2. The number of rotatable bonds is 5. The summed E-state index contributed by atoms with van der Waals surface area (Å²) in [5, 5.41) is 16.7. The first kappa shape index (κ1) is 15.7. The van der Waals surface area contributed by atoms with E-state index in [1.807, 2.05) is 18.9 Å². The summed E-state index contributed by atoms with van der Waals surface area (Å²) in [7, 11) is 1.92. The van der Waals surface area contributed by atoms with E-state index in [1.165, 1.54) is 19.3 Å². The Morgan fingerprint density at radius 1 is 1.45 bits per heavy atom. The van der Waals surface area contributed by atoms with E-state index < -0.39 is 5.60 Å². The Balaban J connectivity index is 1.79. The summed E-state index contributed by atoms with van der Waals surface area (Å²) in [4.78, 5) is 14.2. The van der Waals surface area contributed by atoms with E-state index in [0.717, 1.165) is 25.8 Å². The number of carbonyl (C=O) groups is 1. The minimum atomic E-state index is -0.686. The smallest absolute Gasteiger partial charge is 0.237 e. The molecule has 3 N–H and O–H groups in total. The maximum absolute atomic E-state index is 12.3. The number of likely N-dealkylation sites (N-methyl/N-ethyl adjacent to an activating group) is 1. The van der Waals surface area contributed by atoms with Gasteiger partial charge in [0.2, 0.25) is 5.91 Å². The molecule has 20 heavy (non-hydrogen) atoms. The van der Waals surface area contributed by atoms with Gasteiger partial charge in [0.25, 0.3) is 0 Å². The Morgan fingerprint density at radius 3 is 2.75 bits per heavy atom. The molecular weight excluding hydrogens is 254 g/mol. The van der Waals surface area contributed by atoms with Crippen LogP contribution in [-0.2, 0) is 4.79 Å². The zero-order chi connectivity index (χ0) is 14.6. The highest BCUT2D eigenvalue weighted by molar-refractivity contribution is 5.81. The summed E-state index contributed by atoms with van der Waals surface area (Å²) in [6.45, 7) is 3.93. The molecule has 0 bridgehead atoms. The highest BCUT2D eigenvalue weighted by Crippen LogP contribution is 2.19. The summed E-state index contributed by atoms with van der Waals surface area (Å²) in [5.74, 6) is 0.0916. The van der Waals surface area contributed by atoms with Crippen LogP contribution in [0.3, 0.4) is 0 Å². The van der Waals surface area contributed by atoms with Crippen LogP contribution in [0, 0.1) is 0 Å².